The molecule has 0 bridgehead atoms. The molecule has 0 saturated heterocycles. The van der Waals surface area contributed by atoms with Crippen molar-refractivity contribution in [2.24, 2.45) is 0 Å². The smallest absolute Gasteiger partial charge is 0.338 e. The van der Waals surface area contributed by atoms with Gasteiger partial charge in [0.15, 0.2) is 0 Å². The summed E-state index contributed by atoms with van der Waals surface area (Å²) in [4.78, 5) is 30.0. The van der Waals surface area contributed by atoms with Crippen molar-refractivity contribution in [2.45, 2.75) is 6.54 Å². The van der Waals surface area contributed by atoms with E-state index in [1.165, 1.54) is 24.3 Å². The zero-order chi connectivity index (χ0) is 15.5. The van der Waals surface area contributed by atoms with Gasteiger partial charge >= 0.3 is 5.63 Å². The van der Waals surface area contributed by atoms with Crippen molar-refractivity contribution >= 4 is 22.3 Å². The van der Waals surface area contributed by atoms with E-state index in [1.54, 1.807) is 18.5 Å². The number of fused-ring (bicyclic) bond motifs is 1. The Morgan fingerprint density at radius 1 is 1.23 bits per heavy atom. The Morgan fingerprint density at radius 3 is 2.73 bits per heavy atom. The zero-order valence-electron chi connectivity index (χ0n) is 11.2. The van der Waals surface area contributed by atoms with Gasteiger partial charge in [0.2, 0.25) is 0 Å². The van der Waals surface area contributed by atoms with Crippen molar-refractivity contribution in [1.82, 2.24) is 9.97 Å². The molecule has 1 N–H and O–H groups in total. The third kappa shape index (κ3) is 2.75. The van der Waals surface area contributed by atoms with Gasteiger partial charge in [-0.3, -0.25) is 10.1 Å². The first-order valence-corrected chi connectivity index (χ1v) is 6.35. The van der Waals surface area contributed by atoms with Gasteiger partial charge in [0.05, 0.1) is 17.2 Å². The lowest BCUT2D eigenvalue weighted by atomic mass is 10.2. The summed E-state index contributed by atoms with van der Waals surface area (Å²) in [6, 6.07) is 6.98. The number of aromatic nitrogens is 2. The van der Waals surface area contributed by atoms with Crippen molar-refractivity contribution in [3.05, 3.63) is 69.1 Å². The van der Waals surface area contributed by atoms with Crippen LogP contribution in [0.2, 0.25) is 0 Å². The van der Waals surface area contributed by atoms with Gasteiger partial charge < -0.3 is 9.73 Å². The third-order valence-electron chi connectivity index (χ3n) is 2.99. The molecule has 110 valence electrons. The molecule has 3 aromatic rings. The maximum absolute atomic E-state index is 11.6. The first-order chi connectivity index (χ1) is 10.6. The Hall–Kier alpha value is -3.29. The van der Waals surface area contributed by atoms with Crippen molar-refractivity contribution < 1.29 is 9.34 Å². The quantitative estimate of drug-likeness (QED) is 0.446. The van der Waals surface area contributed by atoms with Crippen molar-refractivity contribution in [1.29, 1.82) is 0 Å². The van der Waals surface area contributed by atoms with E-state index >= 15 is 0 Å². The molecule has 22 heavy (non-hydrogen) atoms. The monoisotopic (exact) mass is 298 g/mol. The summed E-state index contributed by atoms with van der Waals surface area (Å²) in [5.41, 5.74) is 0.0789. The normalized spacial score (nSPS) is 10.5. The van der Waals surface area contributed by atoms with Gasteiger partial charge in [-0.25, -0.2) is 14.8 Å². The van der Waals surface area contributed by atoms with E-state index in [1.807, 2.05) is 0 Å². The summed E-state index contributed by atoms with van der Waals surface area (Å²) >= 11 is 0. The van der Waals surface area contributed by atoms with Gasteiger partial charge in [0.1, 0.15) is 11.4 Å². The van der Waals surface area contributed by atoms with Crippen molar-refractivity contribution in [3.63, 3.8) is 0 Å². The first kappa shape index (κ1) is 13.7. The molecule has 0 radical (unpaired) electrons. The van der Waals surface area contributed by atoms with E-state index in [4.69, 9.17) is 4.42 Å². The highest BCUT2D eigenvalue weighted by Crippen LogP contribution is 2.26. The lowest BCUT2D eigenvalue weighted by Gasteiger charge is -2.07. The van der Waals surface area contributed by atoms with Gasteiger partial charge in [-0.1, -0.05) is 0 Å². The Balaban J connectivity index is 2.01. The Morgan fingerprint density at radius 2 is 2.00 bits per heavy atom. The van der Waals surface area contributed by atoms with Crippen LogP contribution in [0.5, 0.6) is 0 Å². The molecule has 0 saturated carbocycles. The van der Waals surface area contributed by atoms with Gasteiger partial charge in [-0.2, -0.15) is 0 Å². The predicted octanol–water partition coefficient (Wildman–Crippen LogP) is 2.10. The molecule has 0 aliphatic heterocycles. The highest BCUT2D eigenvalue weighted by molar-refractivity contribution is 5.91. The Bertz CT molecular complexity index is 892. The third-order valence-corrected chi connectivity index (χ3v) is 2.99. The lowest BCUT2D eigenvalue weighted by Crippen LogP contribution is -2.07. The molecule has 2 aromatic heterocycles. The number of hydrogen-bond donors (Lipinski definition) is 1. The first-order valence-electron chi connectivity index (χ1n) is 6.35. The average molecular weight is 298 g/mol. The van der Waals surface area contributed by atoms with Crippen molar-refractivity contribution in [2.75, 3.05) is 5.32 Å². The number of hydrogen-bond acceptors (Lipinski definition) is 7. The highest BCUT2D eigenvalue weighted by Gasteiger charge is 2.12. The fraction of sp³-hybridized carbons (Fsp3) is 0.0714. The molecule has 0 fully saturated rings. The summed E-state index contributed by atoms with van der Waals surface area (Å²) in [5, 5.41) is 14.3. The van der Waals surface area contributed by atoms with Gasteiger partial charge in [-0.05, 0) is 12.1 Å². The molecular weight excluding hydrogens is 288 g/mol. The van der Waals surface area contributed by atoms with Crippen LogP contribution in [0.3, 0.4) is 0 Å². The summed E-state index contributed by atoms with van der Waals surface area (Å²) in [7, 11) is 0. The minimum Gasteiger partial charge on any atom is -0.423 e. The van der Waals surface area contributed by atoms with Crippen LogP contribution in [0, 0.1) is 10.1 Å². The van der Waals surface area contributed by atoms with Crippen LogP contribution < -0.4 is 10.9 Å². The number of anilines is 1. The van der Waals surface area contributed by atoms with Crippen LogP contribution >= 0.6 is 0 Å². The zero-order valence-corrected chi connectivity index (χ0v) is 11.2. The molecule has 2 heterocycles. The molecule has 0 unspecified atom stereocenters. The second-order valence-corrected chi connectivity index (χ2v) is 4.44. The molecule has 0 amide bonds. The molecule has 8 heteroatoms. The summed E-state index contributed by atoms with van der Waals surface area (Å²) in [6.45, 7) is 0.280. The van der Waals surface area contributed by atoms with Crippen LogP contribution in [0.15, 0.2) is 51.9 Å². The summed E-state index contributed by atoms with van der Waals surface area (Å²) < 4.78 is 5.04. The van der Waals surface area contributed by atoms with E-state index in [-0.39, 0.29) is 17.8 Å². The van der Waals surface area contributed by atoms with Crippen LogP contribution in [0.25, 0.3) is 11.0 Å². The minimum atomic E-state index is -0.544. The Kier molecular flexibility index (Phi) is 3.48. The van der Waals surface area contributed by atoms with Gasteiger partial charge in [0, 0.05) is 36.0 Å². The SMILES string of the molecule is O=c1cc(NCc2ncccn2)c2cc([N+](=O)[O-])ccc2o1. The van der Waals surface area contributed by atoms with Crippen LogP contribution in [0.1, 0.15) is 5.82 Å². The maximum Gasteiger partial charge on any atom is 0.338 e. The minimum absolute atomic E-state index is 0.0830. The van der Waals surface area contributed by atoms with Crippen LogP contribution in [0.4, 0.5) is 11.4 Å². The van der Waals surface area contributed by atoms with E-state index in [0.29, 0.717) is 16.9 Å². The molecule has 1 aromatic carbocycles. The number of nitrogens with one attached hydrogen (secondary N) is 1. The molecule has 3 rings (SSSR count). The van der Waals surface area contributed by atoms with Crippen LogP contribution in [-0.4, -0.2) is 14.9 Å². The summed E-state index contributed by atoms with van der Waals surface area (Å²) in [5.74, 6) is 0.536. The standard InChI is InChI=1S/C14H10N4O4/c19-14-7-11(17-8-13-15-4-1-5-16-13)10-6-9(18(20)21)2-3-12(10)22-14/h1-7,17H,8H2. The number of benzene rings is 1. The molecular formula is C14H10N4O4. The molecule has 0 spiro atoms. The number of nitrogens with zero attached hydrogens (tertiary/aromatic N) is 3. The molecule has 0 aliphatic carbocycles. The largest absolute Gasteiger partial charge is 0.423 e. The number of nitro groups is 1. The second-order valence-electron chi connectivity index (χ2n) is 4.44. The summed E-state index contributed by atoms with van der Waals surface area (Å²) in [6.07, 6.45) is 3.21. The Labute approximate surface area is 123 Å². The number of non-ortho nitro benzene ring substituents is 1. The van der Waals surface area contributed by atoms with Crippen LogP contribution in [-0.2, 0) is 6.54 Å². The highest BCUT2D eigenvalue weighted by atomic mass is 16.6. The van der Waals surface area contributed by atoms with E-state index in [2.05, 4.69) is 15.3 Å². The average Bonchev–Trinajstić information content (AvgIpc) is 2.53. The molecule has 0 atom stereocenters. The topological polar surface area (TPSA) is 111 Å². The number of nitro benzene ring substituents is 1. The molecule has 0 aliphatic rings. The van der Waals surface area contributed by atoms with E-state index in [9.17, 15) is 14.9 Å². The second kappa shape index (κ2) is 5.60. The lowest BCUT2D eigenvalue weighted by molar-refractivity contribution is -0.384. The van der Waals surface area contributed by atoms with Crippen molar-refractivity contribution in [3.8, 4) is 0 Å². The maximum atomic E-state index is 11.6. The predicted molar refractivity (Wildman–Crippen MR) is 78.5 cm³/mol. The fourth-order valence-electron chi connectivity index (χ4n) is 2.01. The molecule has 8 nitrogen and oxygen atoms in total. The van der Waals surface area contributed by atoms with Gasteiger partial charge in [-0.15, -0.1) is 0 Å². The fourth-order valence-corrected chi connectivity index (χ4v) is 2.01. The van der Waals surface area contributed by atoms with E-state index < -0.39 is 10.5 Å². The van der Waals surface area contributed by atoms with E-state index in [0.717, 1.165) is 0 Å². The van der Waals surface area contributed by atoms with Gasteiger partial charge in [0.25, 0.3) is 5.69 Å². The number of rotatable bonds is 4.